The number of phenolic OH excluding ortho intramolecular Hbond substituents is 2. The quantitative estimate of drug-likeness (QED) is 0.533. The number of benzene rings is 1. The van der Waals surface area contributed by atoms with Crippen LogP contribution in [0.5, 0.6) is 11.5 Å². The Hall–Kier alpha value is -1.75. The van der Waals surface area contributed by atoms with Crippen LogP contribution in [-0.4, -0.2) is 26.4 Å². The largest absolute Gasteiger partial charge is 0.504 e. The lowest BCUT2D eigenvalue weighted by Crippen LogP contribution is -2.05. The number of para-hydroxylation sites is 1. The van der Waals surface area contributed by atoms with E-state index in [9.17, 15) is 15.0 Å². The zero-order valence-corrected chi connectivity index (χ0v) is 7.21. The Kier molecular flexibility index (Phi) is 2.93. The Labute approximate surface area is 79.9 Å². The Bertz CT molecular complexity index is 347. The number of aliphatic carboxylic acids is 1. The molecule has 0 aliphatic heterocycles. The summed E-state index contributed by atoms with van der Waals surface area (Å²) in [6, 6.07) is 4.00. The number of aliphatic hydroxyl groups excluding tert-OH is 1. The molecule has 76 valence electrons. The van der Waals surface area contributed by atoms with Crippen molar-refractivity contribution in [3.05, 3.63) is 23.8 Å². The molecule has 1 aromatic rings. The molecule has 0 aliphatic rings. The van der Waals surface area contributed by atoms with Crippen LogP contribution in [0.1, 0.15) is 18.1 Å². The van der Waals surface area contributed by atoms with Crippen LogP contribution >= 0.6 is 0 Å². The van der Waals surface area contributed by atoms with Crippen molar-refractivity contribution < 1.29 is 25.2 Å². The fraction of sp³-hybridized carbons (Fsp3) is 0.222. The molecule has 0 aromatic heterocycles. The molecule has 0 unspecified atom stereocenters. The molecule has 1 atom stereocenters. The summed E-state index contributed by atoms with van der Waals surface area (Å²) in [5.41, 5.74) is 0.00685. The highest BCUT2D eigenvalue weighted by molar-refractivity contribution is 5.68. The van der Waals surface area contributed by atoms with Crippen molar-refractivity contribution in [3.63, 3.8) is 0 Å². The number of hydrogen-bond donors (Lipinski definition) is 4. The highest BCUT2D eigenvalue weighted by atomic mass is 16.4. The van der Waals surface area contributed by atoms with Crippen LogP contribution in [0, 0.1) is 0 Å². The molecule has 0 amide bonds. The first-order valence-corrected chi connectivity index (χ1v) is 3.93. The third-order valence-corrected chi connectivity index (χ3v) is 1.77. The van der Waals surface area contributed by atoms with E-state index in [4.69, 9.17) is 10.2 Å². The first-order chi connectivity index (χ1) is 6.52. The molecular formula is C9H10O5. The van der Waals surface area contributed by atoms with Gasteiger partial charge < -0.3 is 20.4 Å². The second-order valence-corrected chi connectivity index (χ2v) is 2.83. The maximum atomic E-state index is 10.3. The van der Waals surface area contributed by atoms with Crippen LogP contribution in [-0.2, 0) is 4.79 Å². The summed E-state index contributed by atoms with van der Waals surface area (Å²) in [5.74, 6) is -2.05. The van der Waals surface area contributed by atoms with E-state index in [1.165, 1.54) is 18.2 Å². The molecule has 1 rings (SSSR count). The predicted octanol–water partition coefficient (Wildman–Crippen LogP) is 0.606. The van der Waals surface area contributed by atoms with Crippen molar-refractivity contribution in [1.29, 1.82) is 0 Å². The molecule has 0 heterocycles. The van der Waals surface area contributed by atoms with Crippen molar-refractivity contribution in [2.24, 2.45) is 0 Å². The molecule has 14 heavy (non-hydrogen) atoms. The fourth-order valence-corrected chi connectivity index (χ4v) is 1.09. The molecule has 0 bridgehead atoms. The molecule has 0 saturated heterocycles. The van der Waals surface area contributed by atoms with E-state index in [1.54, 1.807) is 0 Å². The molecule has 0 spiro atoms. The van der Waals surface area contributed by atoms with Gasteiger partial charge in [-0.05, 0) is 6.07 Å². The number of aromatic hydroxyl groups is 2. The molecule has 4 N–H and O–H groups in total. The fourth-order valence-electron chi connectivity index (χ4n) is 1.09. The van der Waals surface area contributed by atoms with E-state index in [-0.39, 0.29) is 11.3 Å². The topological polar surface area (TPSA) is 98.0 Å². The third-order valence-electron chi connectivity index (χ3n) is 1.77. The van der Waals surface area contributed by atoms with E-state index in [2.05, 4.69) is 0 Å². The minimum atomic E-state index is -1.32. The predicted molar refractivity (Wildman–Crippen MR) is 47.0 cm³/mol. The van der Waals surface area contributed by atoms with Crippen LogP contribution in [0.15, 0.2) is 18.2 Å². The summed E-state index contributed by atoms with van der Waals surface area (Å²) in [5, 5.41) is 36.1. The van der Waals surface area contributed by atoms with E-state index in [0.29, 0.717) is 0 Å². The van der Waals surface area contributed by atoms with Crippen LogP contribution < -0.4 is 0 Å². The van der Waals surface area contributed by atoms with E-state index in [1.807, 2.05) is 0 Å². The van der Waals surface area contributed by atoms with Gasteiger partial charge in [0.25, 0.3) is 0 Å². The zero-order chi connectivity index (χ0) is 10.7. The van der Waals surface area contributed by atoms with Gasteiger partial charge in [-0.3, -0.25) is 4.79 Å². The zero-order valence-electron chi connectivity index (χ0n) is 7.21. The van der Waals surface area contributed by atoms with Gasteiger partial charge in [0.2, 0.25) is 0 Å². The summed E-state index contributed by atoms with van der Waals surface area (Å²) in [6.07, 6.45) is -1.84. The lowest BCUT2D eigenvalue weighted by molar-refractivity contribution is -0.139. The number of phenols is 2. The Morgan fingerprint density at radius 3 is 2.57 bits per heavy atom. The first kappa shape index (κ1) is 10.3. The summed E-state index contributed by atoms with van der Waals surface area (Å²) in [4.78, 5) is 10.3. The second kappa shape index (κ2) is 3.97. The van der Waals surface area contributed by atoms with Crippen LogP contribution in [0.25, 0.3) is 0 Å². The van der Waals surface area contributed by atoms with Gasteiger partial charge in [0.1, 0.15) is 0 Å². The SMILES string of the molecule is O=C(O)C[C@@H](O)c1cccc(O)c1O. The number of rotatable bonds is 3. The van der Waals surface area contributed by atoms with Crippen LogP contribution in [0.2, 0.25) is 0 Å². The molecule has 5 heteroatoms. The molecular weight excluding hydrogens is 188 g/mol. The van der Waals surface area contributed by atoms with Gasteiger partial charge in [-0.15, -0.1) is 0 Å². The Morgan fingerprint density at radius 1 is 1.36 bits per heavy atom. The van der Waals surface area contributed by atoms with Gasteiger partial charge in [0.15, 0.2) is 11.5 Å². The lowest BCUT2D eigenvalue weighted by Gasteiger charge is -2.10. The maximum Gasteiger partial charge on any atom is 0.306 e. The lowest BCUT2D eigenvalue weighted by atomic mass is 10.1. The van der Waals surface area contributed by atoms with E-state index < -0.39 is 24.2 Å². The minimum absolute atomic E-state index is 0.00685. The molecule has 0 saturated carbocycles. The molecule has 0 radical (unpaired) electrons. The number of carbonyl (C=O) groups is 1. The highest BCUT2D eigenvalue weighted by Gasteiger charge is 2.17. The normalized spacial score (nSPS) is 12.4. The van der Waals surface area contributed by atoms with Gasteiger partial charge in [0, 0.05) is 5.56 Å². The van der Waals surface area contributed by atoms with Gasteiger partial charge in [-0.1, -0.05) is 12.1 Å². The summed E-state index contributed by atoms with van der Waals surface area (Å²) < 4.78 is 0. The van der Waals surface area contributed by atoms with Crippen molar-refractivity contribution in [2.45, 2.75) is 12.5 Å². The second-order valence-electron chi connectivity index (χ2n) is 2.83. The monoisotopic (exact) mass is 198 g/mol. The van der Waals surface area contributed by atoms with E-state index in [0.717, 1.165) is 0 Å². The van der Waals surface area contributed by atoms with Gasteiger partial charge in [0.05, 0.1) is 12.5 Å². The summed E-state index contributed by atoms with van der Waals surface area (Å²) in [7, 11) is 0. The van der Waals surface area contributed by atoms with Crippen LogP contribution in [0.4, 0.5) is 0 Å². The first-order valence-electron chi connectivity index (χ1n) is 3.93. The van der Waals surface area contributed by atoms with Crippen LogP contribution in [0.3, 0.4) is 0 Å². The van der Waals surface area contributed by atoms with Crippen molar-refractivity contribution >= 4 is 5.97 Å². The molecule has 0 fully saturated rings. The maximum absolute atomic E-state index is 10.3. The van der Waals surface area contributed by atoms with Crippen molar-refractivity contribution in [1.82, 2.24) is 0 Å². The highest BCUT2D eigenvalue weighted by Crippen LogP contribution is 2.33. The standard InChI is InChI=1S/C9H10O5/c10-6-3-1-2-5(9(6)14)7(11)4-8(12)13/h1-3,7,10-11,14H,4H2,(H,12,13)/t7-/m1/s1. The van der Waals surface area contributed by atoms with Gasteiger partial charge in [-0.25, -0.2) is 0 Å². The average molecular weight is 198 g/mol. The smallest absolute Gasteiger partial charge is 0.306 e. The van der Waals surface area contributed by atoms with Crippen molar-refractivity contribution in [2.75, 3.05) is 0 Å². The number of carboxylic acid groups (broad SMARTS) is 1. The Morgan fingerprint density at radius 2 is 2.00 bits per heavy atom. The summed E-state index contributed by atoms with van der Waals surface area (Å²) >= 11 is 0. The minimum Gasteiger partial charge on any atom is -0.504 e. The average Bonchev–Trinajstić information content (AvgIpc) is 2.08. The van der Waals surface area contributed by atoms with Gasteiger partial charge in [-0.2, -0.15) is 0 Å². The number of aliphatic hydroxyl groups is 1. The number of carboxylic acids is 1. The van der Waals surface area contributed by atoms with Crippen molar-refractivity contribution in [3.8, 4) is 11.5 Å². The van der Waals surface area contributed by atoms with E-state index >= 15 is 0 Å². The number of hydrogen-bond acceptors (Lipinski definition) is 4. The molecule has 0 aliphatic carbocycles. The van der Waals surface area contributed by atoms with Gasteiger partial charge >= 0.3 is 5.97 Å². The molecule has 5 nitrogen and oxygen atoms in total. The third kappa shape index (κ3) is 2.14. The Balaban J connectivity index is 2.95. The summed E-state index contributed by atoms with van der Waals surface area (Å²) in [6.45, 7) is 0. The molecule has 1 aromatic carbocycles.